The number of carbonyl (C=O) groups is 1. The lowest BCUT2D eigenvalue weighted by molar-refractivity contribution is 0.0983. The Morgan fingerprint density at radius 3 is 2.53 bits per heavy atom. The lowest BCUT2D eigenvalue weighted by Crippen LogP contribution is -2.05. The number of hydrogen-bond acceptors (Lipinski definition) is 4. The van der Waals surface area contributed by atoms with Gasteiger partial charge in [0, 0.05) is 19.3 Å². The van der Waals surface area contributed by atoms with Crippen molar-refractivity contribution in [1.29, 1.82) is 0 Å². The molecule has 0 aliphatic carbocycles. The van der Waals surface area contributed by atoms with Crippen LogP contribution in [-0.2, 0) is 12.8 Å². The lowest BCUT2D eigenvalue weighted by Gasteiger charge is -2.04. The van der Waals surface area contributed by atoms with Gasteiger partial charge >= 0.3 is 0 Å². The first-order chi connectivity index (χ1) is 9.19. The van der Waals surface area contributed by atoms with Crippen LogP contribution in [0, 0.1) is 0 Å². The zero-order valence-electron chi connectivity index (χ0n) is 11.6. The van der Waals surface area contributed by atoms with Gasteiger partial charge in [-0.05, 0) is 12.1 Å². The van der Waals surface area contributed by atoms with Crippen LogP contribution in [0.25, 0.3) is 5.69 Å². The molecule has 0 aromatic carbocycles. The van der Waals surface area contributed by atoms with Crippen LogP contribution < -0.4 is 0 Å². The predicted octanol–water partition coefficient (Wildman–Crippen LogP) is 2.38. The first kappa shape index (κ1) is 13.4. The molecule has 0 bridgehead atoms. The van der Waals surface area contributed by atoms with Gasteiger partial charge in [-0.2, -0.15) is 5.10 Å². The van der Waals surface area contributed by atoms with Crippen molar-refractivity contribution >= 4 is 5.78 Å². The van der Waals surface area contributed by atoms with E-state index in [9.17, 15) is 4.79 Å². The average molecular weight is 258 g/mol. The molecule has 0 amide bonds. The van der Waals surface area contributed by atoms with Crippen LogP contribution in [0.5, 0.6) is 0 Å². The second kappa shape index (κ2) is 5.73. The maximum atomic E-state index is 11.5. The second-order valence-electron chi connectivity index (χ2n) is 4.24. The first-order valence-electron chi connectivity index (χ1n) is 6.64. The van der Waals surface area contributed by atoms with Crippen LogP contribution in [0.3, 0.4) is 0 Å². The van der Waals surface area contributed by atoms with E-state index in [4.69, 9.17) is 0 Å². The highest BCUT2D eigenvalue weighted by atomic mass is 16.1. The van der Waals surface area contributed by atoms with E-state index >= 15 is 0 Å². The zero-order chi connectivity index (χ0) is 13.8. The number of aromatic nitrogens is 4. The van der Waals surface area contributed by atoms with E-state index < -0.39 is 0 Å². The van der Waals surface area contributed by atoms with Crippen molar-refractivity contribution in [2.75, 3.05) is 0 Å². The number of ketones is 1. The van der Waals surface area contributed by atoms with Crippen molar-refractivity contribution in [3.63, 3.8) is 0 Å². The Hall–Kier alpha value is -2.04. The summed E-state index contributed by atoms with van der Waals surface area (Å²) in [5.41, 5.74) is 1.34. The fourth-order valence-corrected chi connectivity index (χ4v) is 1.83. The van der Waals surface area contributed by atoms with Crippen molar-refractivity contribution in [2.45, 2.75) is 40.0 Å². The van der Waals surface area contributed by atoms with Gasteiger partial charge in [0.05, 0.1) is 11.9 Å². The standard InChI is InChI=1S/C14H18N4O/c1-4-12(19)11-8-7-10(9-15-11)18-14(6-3)16-13(5-2)17-18/h7-9H,4-6H2,1-3H3. The summed E-state index contributed by atoms with van der Waals surface area (Å²) in [5.74, 6) is 1.79. The summed E-state index contributed by atoms with van der Waals surface area (Å²) < 4.78 is 1.80. The minimum Gasteiger partial charge on any atom is -0.292 e. The highest BCUT2D eigenvalue weighted by Crippen LogP contribution is 2.11. The molecule has 2 heterocycles. The number of Topliss-reactive ketones (excluding diaryl/α,β-unsaturated/α-hetero) is 1. The Labute approximate surface area is 112 Å². The molecule has 0 aliphatic rings. The second-order valence-corrected chi connectivity index (χ2v) is 4.24. The molecule has 0 atom stereocenters. The summed E-state index contributed by atoms with van der Waals surface area (Å²) in [5, 5.41) is 4.45. The fraction of sp³-hybridized carbons (Fsp3) is 0.429. The van der Waals surface area contributed by atoms with Crippen LogP contribution >= 0.6 is 0 Å². The molecule has 2 rings (SSSR count). The van der Waals surface area contributed by atoms with Gasteiger partial charge in [0.15, 0.2) is 11.6 Å². The van der Waals surface area contributed by atoms with Gasteiger partial charge in [-0.1, -0.05) is 20.8 Å². The Kier molecular flexibility index (Phi) is 4.04. The highest BCUT2D eigenvalue weighted by Gasteiger charge is 2.10. The molecule has 0 fully saturated rings. The number of carbonyl (C=O) groups excluding carboxylic acids is 1. The van der Waals surface area contributed by atoms with Crippen LogP contribution in [0.15, 0.2) is 18.3 Å². The van der Waals surface area contributed by atoms with Crippen LogP contribution in [0.2, 0.25) is 0 Å². The molecule has 0 saturated carbocycles. The molecule has 19 heavy (non-hydrogen) atoms. The summed E-state index contributed by atoms with van der Waals surface area (Å²) in [6.07, 6.45) is 3.76. The summed E-state index contributed by atoms with van der Waals surface area (Å²) in [4.78, 5) is 20.2. The van der Waals surface area contributed by atoms with E-state index in [1.54, 1.807) is 16.9 Å². The normalized spacial score (nSPS) is 10.7. The Bertz CT molecular complexity index is 572. The molecule has 0 aliphatic heterocycles. The van der Waals surface area contributed by atoms with E-state index in [2.05, 4.69) is 15.1 Å². The topological polar surface area (TPSA) is 60.7 Å². The molecule has 100 valence electrons. The van der Waals surface area contributed by atoms with Crippen molar-refractivity contribution in [3.8, 4) is 5.69 Å². The quantitative estimate of drug-likeness (QED) is 0.772. The summed E-state index contributed by atoms with van der Waals surface area (Å²) in [6.45, 7) is 5.90. The van der Waals surface area contributed by atoms with Crippen molar-refractivity contribution in [3.05, 3.63) is 35.7 Å². The van der Waals surface area contributed by atoms with Crippen molar-refractivity contribution in [2.24, 2.45) is 0 Å². The predicted molar refractivity (Wildman–Crippen MR) is 72.5 cm³/mol. The Morgan fingerprint density at radius 1 is 1.21 bits per heavy atom. The summed E-state index contributed by atoms with van der Waals surface area (Å²) in [6, 6.07) is 3.61. The number of rotatable bonds is 5. The number of pyridine rings is 1. The van der Waals surface area contributed by atoms with E-state index in [0.717, 1.165) is 30.2 Å². The third-order valence-electron chi connectivity index (χ3n) is 2.95. The minimum absolute atomic E-state index is 0.0510. The van der Waals surface area contributed by atoms with Crippen molar-refractivity contribution in [1.82, 2.24) is 19.7 Å². The van der Waals surface area contributed by atoms with Crippen LogP contribution in [0.1, 0.15) is 49.3 Å². The molecule has 5 nitrogen and oxygen atoms in total. The molecule has 2 aromatic heterocycles. The molecule has 0 spiro atoms. The van der Waals surface area contributed by atoms with Gasteiger partial charge in [-0.25, -0.2) is 9.67 Å². The number of hydrogen-bond donors (Lipinski definition) is 0. The van der Waals surface area contributed by atoms with Gasteiger partial charge < -0.3 is 0 Å². The molecular formula is C14H18N4O. The maximum Gasteiger partial charge on any atom is 0.180 e. The third-order valence-corrected chi connectivity index (χ3v) is 2.95. The molecule has 0 radical (unpaired) electrons. The average Bonchev–Trinajstić information content (AvgIpc) is 2.90. The minimum atomic E-state index is 0.0510. The van der Waals surface area contributed by atoms with Crippen LogP contribution in [-0.4, -0.2) is 25.5 Å². The van der Waals surface area contributed by atoms with Gasteiger partial charge in [0.25, 0.3) is 0 Å². The van der Waals surface area contributed by atoms with Gasteiger partial charge in [0.2, 0.25) is 0 Å². The number of aryl methyl sites for hydroxylation is 2. The third kappa shape index (κ3) is 2.70. The van der Waals surface area contributed by atoms with Crippen molar-refractivity contribution < 1.29 is 4.79 Å². The Morgan fingerprint density at radius 2 is 2.00 bits per heavy atom. The molecule has 0 N–H and O–H groups in total. The van der Waals surface area contributed by atoms with E-state index in [0.29, 0.717) is 12.1 Å². The van der Waals surface area contributed by atoms with E-state index in [1.807, 2.05) is 26.8 Å². The largest absolute Gasteiger partial charge is 0.292 e. The van der Waals surface area contributed by atoms with E-state index in [-0.39, 0.29) is 5.78 Å². The highest BCUT2D eigenvalue weighted by molar-refractivity contribution is 5.93. The van der Waals surface area contributed by atoms with Gasteiger partial charge in [0.1, 0.15) is 11.5 Å². The fourth-order valence-electron chi connectivity index (χ4n) is 1.83. The molecular weight excluding hydrogens is 240 g/mol. The lowest BCUT2D eigenvalue weighted by atomic mass is 10.2. The SMILES string of the molecule is CCC(=O)c1ccc(-n2nc(CC)nc2CC)cn1. The molecule has 0 unspecified atom stereocenters. The van der Waals surface area contributed by atoms with Gasteiger partial charge in [-0.15, -0.1) is 0 Å². The number of nitrogens with zero attached hydrogens (tertiary/aromatic N) is 4. The van der Waals surface area contributed by atoms with Gasteiger partial charge in [-0.3, -0.25) is 9.78 Å². The van der Waals surface area contributed by atoms with E-state index in [1.165, 1.54) is 0 Å². The smallest absolute Gasteiger partial charge is 0.180 e. The van der Waals surface area contributed by atoms with Crippen LogP contribution in [0.4, 0.5) is 0 Å². The molecule has 0 saturated heterocycles. The maximum absolute atomic E-state index is 11.5. The molecule has 2 aromatic rings. The summed E-state index contributed by atoms with van der Waals surface area (Å²) >= 11 is 0. The summed E-state index contributed by atoms with van der Waals surface area (Å²) in [7, 11) is 0. The first-order valence-corrected chi connectivity index (χ1v) is 6.64. The Balaban J connectivity index is 2.36. The zero-order valence-corrected chi connectivity index (χ0v) is 11.6. The molecule has 5 heteroatoms. The monoisotopic (exact) mass is 258 g/mol.